The molecule has 8 heteroatoms. The van der Waals surface area contributed by atoms with Gasteiger partial charge in [0.2, 0.25) is 0 Å². The lowest BCUT2D eigenvalue weighted by molar-refractivity contribution is -0.166. The van der Waals surface area contributed by atoms with Gasteiger partial charge in [-0.1, -0.05) is 0 Å². The Balaban J connectivity index is 2.34. The van der Waals surface area contributed by atoms with E-state index in [9.17, 15) is 19.5 Å². The minimum atomic E-state index is -1.55. The van der Waals surface area contributed by atoms with Crippen LogP contribution < -0.4 is 5.32 Å². The number of hydrogen-bond acceptors (Lipinski definition) is 7. The number of rotatable bonds is 3. The highest BCUT2D eigenvalue weighted by molar-refractivity contribution is 5.91. The van der Waals surface area contributed by atoms with Gasteiger partial charge in [0.05, 0.1) is 12.0 Å². The second kappa shape index (κ2) is 7.15. The number of aliphatic hydroxyl groups is 1. The topological polar surface area (TPSA) is 111 Å². The molecular weight excluding hydrogens is 378 g/mol. The third-order valence-electron chi connectivity index (χ3n) is 4.79. The lowest BCUT2D eigenvalue weighted by Crippen LogP contribution is -2.59. The van der Waals surface area contributed by atoms with Crippen LogP contribution >= 0.6 is 0 Å². The molecule has 2 aliphatic carbocycles. The minimum absolute atomic E-state index is 0.0458. The predicted octanol–water partition coefficient (Wildman–Crippen LogP) is 2.56. The normalized spacial score (nSPS) is 31.5. The molecule has 0 aliphatic heterocycles. The van der Waals surface area contributed by atoms with Gasteiger partial charge >= 0.3 is 18.0 Å². The number of ether oxygens (including phenoxy) is 3. The zero-order valence-electron chi connectivity index (χ0n) is 18.9. The summed E-state index contributed by atoms with van der Waals surface area (Å²) in [5.41, 5.74) is -3.84. The molecule has 29 heavy (non-hydrogen) atoms. The van der Waals surface area contributed by atoms with E-state index in [1.165, 1.54) is 0 Å². The van der Waals surface area contributed by atoms with E-state index in [4.69, 9.17) is 14.2 Å². The van der Waals surface area contributed by atoms with Crippen molar-refractivity contribution in [3.63, 3.8) is 0 Å². The first-order chi connectivity index (χ1) is 12.9. The van der Waals surface area contributed by atoms with Crippen molar-refractivity contribution in [3.8, 4) is 0 Å². The second-order valence-corrected chi connectivity index (χ2v) is 11.0. The van der Waals surface area contributed by atoms with Crippen LogP contribution in [0.25, 0.3) is 0 Å². The van der Waals surface area contributed by atoms with E-state index < -0.39 is 64.2 Å². The molecule has 2 rings (SSSR count). The second-order valence-electron chi connectivity index (χ2n) is 11.0. The standard InChI is InChI=1S/C21H35NO7/c1-18(2,3)27-15(24)13-12-11(23)10-21(14(12)13,16(25)28-19(4,5)6)22-17(26)29-20(7,8)9/h11-14,23H,10H2,1-9H3,(H,22,26)/t11-,12+,13+,14+,21+/m1/s1. The molecule has 1 amide bonds. The van der Waals surface area contributed by atoms with Gasteiger partial charge in [0.15, 0.2) is 0 Å². The van der Waals surface area contributed by atoms with Gasteiger partial charge in [0, 0.05) is 18.3 Å². The number of aliphatic hydroxyl groups excluding tert-OH is 1. The Morgan fingerprint density at radius 1 is 0.862 bits per heavy atom. The van der Waals surface area contributed by atoms with Crippen molar-refractivity contribution >= 4 is 18.0 Å². The number of nitrogens with one attached hydrogen (secondary N) is 1. The molecule has 0 aromatic heterocycles. The number of hydrogen-bond donors (Lipinski definition) is 2. The van der Waals surface area contributed by atoms with E-state index in [-0.39, 0.29) is 6.42 Å². The fourth-order valence-corrected chi connectivity index (χ4v) is 3.98. The number of amides is 1. The number of carbonyl (C=O) groups excluding carboxylic acids is 3. The van der Waals surface area contributed by atoms with Crippen LogP contribution in [0.4, 0.5) is 4.79 Å². The Kier molecular flexibility index (Phi) is 5.78. The molecule has 2 fully saturated rings. The van der Waals surface area contributed by atoms with Gasteiger partial charge in [-0.25, -0.2) is 9.59 Å². The summed E-state index contributed by atoms with van der Waals surface area (Å²) in [7, 11) is 0. The molecule has 5 atom stereocenters. The van der Waals surface area contributed by atoms with Crippen LogP contribution in [0.15, 0.2) is 0 Å². The summed E-state index contributed by atoms with van der Waals surface area (Å²) in [5, 5.41) is 13.2. The van der Waals surface area contributed by atoms with Crippen LogP contribution in [0.2, 0.25) is 0 Å². The molecule has 2 saturated carbocycles. The first-order valence-electron chi connectivity index (χ1n) is 10.0. The average Bonchev–Trinajstić information content (AvgIpc) is 3.10. The quantitative estimate of drug-likeness (QED) is 0.540. The predicted molar refractivity (Wildman–Crippen MR) is 105 cm³/mol. The summed E-state index contributed by atoms with van der Waals surface area (Å²) in [6.07, 6.45) is -1.79. The number of alkyl carbamates (subject to hydrolysis) is 1. The van der Waals surface area contributed by atoms with Gasteiger partial charge < -0.3 is 24.6 Å². The van der Waals surface area contributed by atoms with Gasteiger partial charge in [-0.3, -0.25) is 4.79 Å². The number of esters is 2. The number of carbonyl (C=O) groups is 3. The van der Waals surface area contributed by atoms with Gasteiger partial charge in [-0.15, -0.1) is 0 Å². The molecule has 166 valence electrons. The SMILES string of the molecule is CC(C)(C)OC(=O)N[C@@]1(C(=O)OC(C)(C)C)C[C@@H](O)[C@H]2[C@H](C(=O)OC(C)(C)C)[C@H]21. The van der Waals surface area contributed by atoms with E-state index >= 15 is 0 Å². The molecular formula is C21H35NO7. The van der Waals surface area contributed by atoms with Crippen molar-refractivity contribution in [3.05, 3.63) is 0 Å². The molecule has 2 N–H and O–H groups in total. The number of fused-ring (bicyclic) bond motifs is 1. The van der Waals surface area contributed by atoms with Crippen molar-refractivity contribution in [2.24, 2.45) is 17.8 Å². The minimum Gasteiger partial charge on any atom is -0.460 e. The Bertz CT molecular complexity index is 683. The molecule has 0 unspecified atom stereocenters. The smallest absolute Gasteiger partial charge is 0.408 e. The lowest BCUT2D eigenvalue weighted by Gasteiger charge is -2.35. The maximum Gasteiger partial charge on any atom is 0.408 e. The first-order valence-corrected chi connectivity index (χ1v) is 10.0. The maximum atomic E-state index is 13.2. The van der Waals surface area contributed by atoms with E-state index in [1.54, 1.807) is 62.3 Å². The van der Waals surface area contributed by atoms with Crippen LogP contribution in [0, 0.1) is 17.8 Å². The van der Waals surface area contributed by atoms with Crippen molar-refractivity contribution < 1.29 is 33.7 Å². The highest BCUT2D eigenvalue weighted by Crippen LogP contribution is 2.63. The Labute approximate surface area is 172 Å². The third-order valence-corrected chi connectivity index (χ3v) is 4.79. The summed E-state index contributed by atoms with van der Waals surface area (Å²) in [6.45, 7) is 15.5. The molecule has 0 aromatic carbocycles. The Morgan fingerprint density at radius 2 is 1.34 bits per heavy atom. The fraction of sp³-hybridized carbons (Fsp3) is 0.857. The summed E-state index contributed by atoms with van der Waals surface area (Å²) in [5.74, 6) is -2.97. The van der Waals surface area contributed by atoms with Crippen molar-refractivity contribution in [2.45, 2.75) is 97.2 Å². The van der Waals surface area contributed by atoms with Crippen molar-refractivity contribution in [2.75, 3.05) is 0 Å². The van der Waals surface area contributed by atoms with Crippen molar-refractivity contribution in [1.82, 2.24) is 5.32 Å². The summed E-state index contributed by atoms with van der Waals surface area (Å²) < 4.78 is 16.3. The zero-order valence-corrected chi connectivity index (χ0v) is 18.9. The van der Waals surface area contributed by atoms with Gasteiger partial charge in [-0.2, -0.15) is 0 Å². The highest BCUT2D eigenvalue weighted by Gasteiger charge is 2.76. The van der Waals surface area contributed by atoms with Crippen LogP contribution in [-0.4, -0.2) is 51.6 Å². The summed E-state index contributed by atoms with van der Waals surface area (Å²) >= 11 is 0. The van der Waals surface area contributed by atoms with Crippen LogP contribution in [-0.2, 0) is 23.8 Å². The molecule has 2 aliphatic rings. The maximum absolute atomic E-state index is 13.2. The van der Waals surface area contributed by atoms with E-state index in [0.29, 0.717) is 0 Å². The van der Waals surface area contributed by atoms with Crippen LogP contribution in [0.1, 0.15) is 68.7 Å². The third kappa shape index (κ3) is 5.41. The summed E-state index contributed by atoms with van der Waals surface area (Å²) in [4.78, 5) is 38.4. The molecule has 0 radical (unpaired) electrons. The van der Waals surface area contributed by atoms with Crippen LogP contribution in [0.3, 0.4) is 0 Å². The fourth-order valence-electron chi connectivity index (χ4n) is 3.98. The molecule has 0 heterocycles. The van der Waals surface area contributed by atoms with Gasteiger partial charge in [0.25, 0.3) is 0 Å². The monoisotopic (exact) mass is 413 g/mol. The Morgan fingerprint density at radius 3 is 1.79 bits per heavy atom. The summed E-state index contributed by atoms with van der Waals surface area (Å²) in [6, 6.07) is 0. The highest BCUT2D eigenvalue weighted by atomic mass is 16.6. The zero-order chi connectivity index (χ0) is 22.6. The van der Waals surface area contributed by atoms with Gasteiger partial charge in [-0.05, 0) is 62.3 Å². The molecule has 0 saturated heterocycles. The van der Waals surface area contributed by atoms with E-state index in [2.05, 4.69) is 5.32 Å². The lowest BCUT2D eigenvalue weighted by atomic mass is 9.89. The van der Waals surface area contributed by atoms with E-state index in [1.807, 2.05) is 0 Å². The molecule has 8 nitrogen and oxygen atoms in total. The van der Waals surface area contributed by atoms with E-state index in [0.717, 1.165) is 0 Å². The Hall–Kier alpha value is -1.83. The molecule has 0 aromatic rings. The van der Waals surface area contributed by atoms with Crippen molar-refractivity contribution in [1.29, 1.82) is 0 Å². The largest absolute Gasteiger partial charge is 0.460 e. The van der Waals surface area contributed by atoms with Crippen LogP contribution in [0.5, 0.6) is 0 Å². The molecule has 0 bridgehead atoms. The van der Waals surface area contributed by atoms with Gasteiger partial charge in [0.1, 0.15) is 22.3 Å². The first kappa shape index (κ1) is 23.4. The average molecular weight is 414 g/mol. The molecule has 0 spiro atoms.